The average molecular weight is 238 g/mol. The Bertz CT molecular complexity index is 499. The molecule has 1 aromatic heterocycles. The number of rotatable bonds is 2. The molecule has 0 fully saturated rings. The minimum atomic E-state index is -0.259. The van der Waals surface area contributed by atoms with E-state index in [4.69, 9.17) is 17.3 Å². The van der Waals surface area contributed by atoms with Crippen LogP contribution in [0.2, 0.25) is 5.15 Å². The van der Waals surface area contributed by atoms with Crippen molar-refractivity contribution in [1.82, 2.24) is 10.2 Å². The van der Waals surface area contributed by atoms with Gasteiger partial charge in [0, 0.05) is 6.42 Å². The summed E-state index contributed by atoms with van der Waals surface area (Å²) in [6, 6.07) is 7.87. The first-order valence-corrected chi connectivity index (χ1v) is 5.05. The van der Waals surface area contributed by atoms with Crippen LogP contribution in [0.15, 0.2) is 30.3 Å². The Labute approximate surface area is 97.1 Å². The molecule has 2 rings (SSSR count). The van der Waals surface area contributed by atoms with Crippen LogP contribution in [0.25, 0.3) is 0 Å². The molecular formula is C11H9ClFN3. The van der Waals surface area contributed by atoms with Gasteiger partial charge in [0.2, 0.25) is 0 Å². The number of anilines is 1. The van der Waals surface area contributed by atoms with Crippen molar-refractivity contribution < 1.29 is 4.39 Å². The van der Waals surface area contributed by atoms with Gasteiger partial charge >= 0.3 is 0 Å². The van der Waals surface area contributed by atoms with Crippen LogP contribution in [0.4, 0.5) is 10.1 Å². The van der Waals surface area contributed by atoms with Gasteiger partial charge in [0.25, 0.3) is 0 Å². The van der Waals surface area contributed by atoms with Crippen molar-refractivity contribution >= 4 is 17.3 Å². The molecule has 0 spiro atoms. The maximum Gasteiger partial charge on any atom is 0.174 e. The highest BCUT2D eigenvalue weighted by Gasteiger charge is 2.03. The quantitative estimate of drug-likeness (QED) is 0.873. The van der Waals surface area contributed by atoms with Gasteiger partial charge in [0.15, 0.2) is 5.15 Å². The summed E-state index contributed by atoms with van der Waals surface area (Å²) in [6.45, 7) is 0. The molecule has 2 aromatic rings. The Hall–Kier alpha value is -1.68. The molecule has 0 saturated carbocycles. The van der Waals surface area contributed by atoms with Crippen LogP contribution in [-0.2, 0) is 6.42 Å². The van der Waals surface area contributed by atoms with Crippen LogP contribution in [-0.4, -0.2) is 10.2 Å². The third-order valence-electron chi connectivity index (χ3n) is 2.13. The molecule has 0 saturated heterocycles. The summed E-state index contributed by atoms with van der Waals surface area (Å²) in [4.78, 5) is 0. The van der Waals surface area contributed by atoms with Gasteiger partial charge in [0.1, 0.15) is 5.82 Å². The standard InChI is InChI=1S/C11H9ClFN3/c12-11-10(14)6-9(15-16-11)5-7-1-3-8(13)4-2-7/h1-4,6H,5H2,(H2,14,15). The molecule has 2 N–H and O–H groups in total. The van der Waals surface area contributed by atoms with E-state index in [2.05, 4.69) is 10.2 Å². The maximum atomic E-state index is 12.7. The highest BCUT2D eigenvalue weighted by Crippen LogP contribution is 2.16. The minimum absolute atomic E-state index is 0.197. The largest absolute Gasteiger partial charge is 0.396 e. The summed E-state index contributed by atoms with van der Waals surface area (Å²) < 4.78 is 12.7. The lowest BCUT2D eigenvalue weighted by molar-refractivity contribution is 0.627. The Morgan fingerprint density at radius 2 is 1.88 bits per heavy atom. The number of halogens is 2. The molecule has 0 unspecified atom stereocenters. The summed E-state index contributed by atoms with van der Waals surface area (Å²) in [5.41, 5.74) is 7.65. The van der Waals surface area contributed by atoms with Gasteiger partial charge in [-0.1, -0.05) is 23.7 Å². The lowest BCUT2D eigenvalue weighted by atomic mass is 10.1. The van der Waals surface area contributed by atoms with Gasteiger partial charge in [0.05, 0.1) is 11.4 Å². The Morgan fingerprint density at radius 1 is 1.19 bits per heavy atom. The van der Waals surface area contributed by atoms with Crippen LogP contribution in [0.1, 0.15) is 11.3 Å². The second-order valence-corrected chi connectivity index (χ2v) is 3.74. The van der Waals surface area contributed by atoms with E-state index in [1.165, 1.54) is 12.1 Å². The second kappa shape index (κ2) is 4.45. The molecule has 1 heterocycles. The number of benzene rings is 1. The van der Waals surface area contributed by atoms with Crippen LogP contribution >= 0.6 is 11.6 Å². The zero-order valence-corrected chi connectivity index (χ0v) is 9.08. The van der Waals surface area contributed by atoms with Gasteiger partial charge in [-0.2, -0.15) is 5.10 Å². The first-order valence-electron chi connectivity index (χ1n) is 4.67. The zero-order chi connectivity index (χ0) is 11.5. The summed E-state index contributed by atoms with van der Waals surface area (Å²) in [5.74, 6) is -0.259. The summed E-state index contributed by atoms with van der Waals surface area (Å²) in [6.07, 6.45) is 0.550. The van der Waals surface area contributed by atoms with Crippen LogP contribution < -0.4 is 5.73 Å². The van der Waals surface area contributed by atoms with E-state index in [9.17, 15) is 4.39 Å². The van der Waals surface area contributed by atoms with Gasteiger partial charge < -0.3 is 5.73 Å². The zero-order valence-electron chi connectivity index (χ0n) is 8.32. The highest BCUT2D eigenvalue weighted by molar-refractivity contribution is 6.31. The Morgan fingerprint density at radius 3 is 2.50 bits per heavy atom. The molecule has 0 atom stereocenters. The van der Waals surface area contributed by atoms with E-state index in [0.717, 1.165) is 5.56 Å². The number of hydrogen-bond donors (Lipinski definition) is 1. The fraction of sp³-hybridized carbons (Fsp3) is 0.0909. The molecule has 5 heteroatoms. The minimum Gasteiger partial charge on any atom is -0.396 e. The molecule has 0 aliphatic heterocycles. The third kappa shape index (κ3) is 2.46. The monoisotopic (exact) mass is 237 g/mol. The third-order valence-corrected chi connectivity index (χ3v) is 2.42. The van der Waals surface area contributed by atoms with Gasteiger partial charge in [-0.05, 0) is 23.8 Å². The molecule has 1 aromatic carbocycles. The fourth-order valence-electron chi connectivity index (χ4n) is 1.33. The van der Waals surface area contributed by atoms with Crippen LogP contribution in [0, 0.1) is 5.82 Å². The number of aromatic nitrogens is 2. The van der Waals surface area contributed by atoms with Gasteiger partial charge in [-0.15, -0.1) is 5.10 Å². The number of nitrogens with zero attached hydrogens (tertiary/aromatic N) is 2. The first-order chi connectivity index (χ1) is 7.65. The van der Waals surface area contributed by atoms with Crippen molar-refractivity contribution in [3.8, 4) is 0 Å². The fourth-order valence-corrected chi connectivity index (χ4v) is 1.42. The van der Waals surface area contributed by atoms with Crippen molar-refractivity contribution in [1.29, 1.82) is 0 Å². The predicted molar refractivity (Wildman–Crippen MR) is 60.7 cm³/mol. The SMILES string of the molecule is Nc1cc(Cc2ccc(F)cc2)nnc1Cl. The molecule has 0 radical (unpaired) electrons. The average Bonchev–Trinajstić information content (AvgIpc) is 2.27. The van der Waals surface area contributed by atoms with Crippen LogP contribution in [0.3, 0.4) is 0 Å². The maximum absolute atomic E-state index is 12.7. The second-order valence-electron chi connectivity index (χ2n) is 3.39. The van der Waals surface area contributed by atoms with E-state index < -0.39 is 0 Å². The lowest BCUT2D eigenvalue weighted by Gasteiger charge is -2.02. The molecule has 0 aliphatic rings. The molecular weight excluding hydrogens is 229 g/mol. The number of nitrogens with two attached hydrogens (primary N) is 1. The summed E-state index contributed by atoms with van der Waals surface area (Å²) in [5, 5.41) is 7.81. The predicted octanol–water partition coefficient (Wildman–Crippen LogP) is 2.44. The van der Waals surface area contributed by atoms with Gasteiger partial charge in [-0.3, -0.25) is 0 Å². The van der Waals surface area contributed by atoms with E-state index in [1.807, 2.05) is 0 Å². The molecule has 0 bridgehead atoms. The van der Waals surface area contributed by atoms with E-state index >= 15 is 0 Å². The van der Waals surface area contributed by atoms with Crippen LogP contribution in [0.5, 0.6) is 0 Å². The molecule has 16 heavy (non-hydrogen) atoms. The Kier molecular flexibility index (Phi) is 3.01. The normalized spacial score (nSPS) is 10.4. The Balaban J connectivity index is 2.20. The number of nitrogen functional groups attached to an aromatic ring is 1. The van der Waals surface area contributed by atoms with E-state index in [1.54, 1.807) is 18.2 Å². The first kappa shape index (κ1) is 10.8. The van der Waals surface area contributed by atoms with Gasteiger partial charge in [-0.25, -0.2) is 4.39 Å². The van der Waals surface area contributed by atoms with E-state index in [-0.39, 0.29) is 11.0 Å². The van der Waals surface area contributed by atoms with Crippen molar-refractivity contribution in [2.75, 3.05) is 5.73 Å². The molecule has 0 amide bonds. The molecule has 0 aliphatic carbocycles. The van der Waals surface area contributed by atoms with Crippen molar-refractivity contribution in [2.24, 2.45) is 0 Å². The summed E-state index contributed by atoms with van der Waals surface area (Å²) >= 11 is 5.66. The smallest absolute Gasteiger partial charge is 0.174 e. The van der Waals surface area contributed by atoms with Crippen molar-refractivity contribution in [3.63, 3.8) is 0 Å². The van der Waals surface area contributed by atoms with Crippen molar-refractivity contribution in [2.45, 2.75) is 6.42 Å². The molecule has 3 nitrogen and oxygen atoms in total. The summed E-state index contributed by atoms with van der Waals surface area (Å²) in [7, 11) is 0. The molecule has 82 valence electrons. The van der Waals surface area contributed by atoms with E-state index in [0.29, 0.717) is 17.8 Å². The highest BCUT2D eigenvalue weighted by atomic mass is 35.5. The van der Waals surface area contributed by atoms with Crippen molar-refractivity contribution in [3.05, 3.63) is 52.6 Å². The topological polar surface area (TPSA) is 51.8 Å². The lowest BCUT2D eigenvalue weighted by Crippen LogP contribution is -1.98. The number of hydrogen-bond acceptors (Lipinski definition) is 3.